The van der Waals surface area contributed by atoms with E-state index in [2.05, 4.69) is 21.2 Å². The molecule has 0 aromatic heterocycles. The Hall–Kier alpha value is -3.21. The standard InChI is InChI=1S/C10H15NO2.C10H13NO.C8H8BrNO2S/c1-11(2)8-5-6-9(12-3)10(7-8)13-4;1-11-10(8-12)7-9-5-3-2-4-6-9;1-10(6-11)13(12)8-5-3-2-4-7(8)9/h5-7H,1-4H3;2-6,8,10-11H,7H2,1H3;2-6H,1H3. The Morgan fingerprint density at radius 3 is 2.03 bits per heavy atom. The second-order valence-electron chi connectivity index (χ2n) is 7.99. The number of nitrogens with one attached hydrogen (secondary N) is 1. The van der Waals surface area contributed by atoms with Crippen molar-refractivity contribution in [3.8, 4) is 11.5 Å². The number of methoxy groups -OCH3 is 2. The van der Waals surface area contributed by atoms with E-state index in [1.165, 1.54) is 12.6 Å². The second-order valence-corrected chi connectivity index (χ2v) is 10.4. The number of amides is 1. The van der Waals surface area contributed by atoms with Gasteiger partial charge in [-0.2, -0.15) is 0 Å². The van der Waals surface area contributed by atoms with Crippen LogP contribution >= 0.6 is 15.9 Å². The zero-order valence-electron chi connectivity index (χ0n) is 22.6. The van der Waals surface area contributed by atoms with Crippen molar-refractivity contribution in [2.75, 3.05) is 47.3 Å². The molecule has 0 bridgehead atoms. The van der Waals surface area contributed by atoms with Gasteiger partial charge in [-0.05, 0) is 59.2 Å². The molecule has 10 heteroatoms. The van der Waals surface area contributed by atoms with Crippen LogP contribution in [-0.2, 0) is 27.0 Å². The number of rotatable bonds is 10. The molecule has 2 unspecified atom stereocenters. The normalized spacial score (nSPS) is 11.3. The molecule has 0 saturated carbocycles. The van der Waals surface area contributed by atoms with Crippen LogP contribution < -0.4 is 19.7 Å². The summed E-state index contributed by atoms with van der Waals surface area (Å²) in [6.45, 7) is 0. The van der Waals surface area contributed by atoms with E-state index in [-0.39, 0.29) is 6.04 Å². The third-order valence-electron chi connectivity index (χ3n) is 5.15. The minimum atomic E-state index is -1.42. The van der Waals surface area contributed by atoms with Crippen LogP contribution in [0.4, 0.5) is 5.69 Å². The Kier molecular flexibility index (Phi) is 15.6. The molecule has 1 amide bonds. The van der Waals surface area contributed by atoms with Crippen molar-refractivity contribution in [1.82, 2.24) is 9.62 Å². The number of carbonyl (C=O) groups excluding carboxylic acids is 2. The minimum absolute atomic E-state index is 0.0626. The second kappa shape index (κ2) is 18.1. The summed E-state index contributed by atoms with van der Waals surface area (Å²) < 4.78 is 23.7. The maximum atomic E-state index is 11.6. The molecule has 0 heterocycles. The third kappa shape index (κ3) is 11.0. The summed E-state index contributed by atoms with van der Waals surface area (Å²) in [6, 6.07) is 22.8. The lowest BCUT2D eigenvalue weighted by Crippen LogP contribution is -2.28. The van der Waals surface area contributed by atoms with E-state index in [0.717, 1.165) is 38.7 Å². The van der Waals surface area contributed by atoms with Gasteiger partial charge in [-0.15, -0.1) is 0 Å². The summed E-state index contributed by atoms with van der Waals surface area (Å²) in [4.78, 5) is 23.4. The molecule has 2 atom stereocenters. The lowest BCUT2D eigenvalue weighted by atomic mass is 10.1. The van der Waals surface area contributed by atoms with Gasteiger partial charge >= 0.3 is 0 Å². The van der Waals surface area contributed by atoms with Crippen LogP contribution in [0.15, 0.2) is 82.2 Å². The molecule has 38 heavy (non-hydrogen) atoms. The number of likely N-dealkylation sites (N-methyl/N-ethyl adjacent to an activating group) is 1. The Morgan fingerprint density at radius 2 is 1.53 bits per heavy atom. The summed E-state index contributed by atoms with van der Waals surface area (Å²) in [5.41, 5.74) is 2.28. The van der Waals surface area contributed by atoms with Crippen molar-refractivity contribution in [2.24, 2.45) is 0 Å². The van der Waals surface area contributed by atoms with Gasteiger partial charge in [0.25, 0.3) is 0 Å². The highest BCUT2D eigenvalue weighted by Crippen LogP contribution is 2.30. The number of nitrogens with zero attached hydrogens (tertiary/aromatic N) is 2. The van der Waals surface area contributed by atoms with Gasteiger partial charge in [0.05, 0.1) is 25.2 Å². The molecule has 3 aromatic carbocycles. The van der Waals surface area contributed by atoms with Gasteiger partial charge in [-0.1, -0.05) is 42.5 Å². The fourth-order valence-corrected chi connectivity index (χ4v) is 4.49. The van der Waals surface area contributed by atoms with Crippen molar-refractivity contribution in [2.45, 2.75) is 17.4 Å². The van der Waals surface area contributed by atoms with Crippen LogP contribution in [0, 0.1) is 0 Å². The number of halogens is 1. The highest BCUT2D eigenvalue weighted by atomic mass is 79.9. The lowest BCUT2D eigenvalue weighted by Gasteiger charge is -2.15. The molecular weight excluding hydrogens is 570 g/mol. The fourth-order valence-electron chi connectivity index (χ4n) is 2.97. The molecule has 0 aliphatic rings. The average molecular weight is 607 g/mol. The van der Waals surface area contributed by atoms with Gasteiger partial charge in [-0.25, -0.2) is 4.21 Å². The quantitative estimate of drug-likeness (QED) is 0.344. The van der Waals surface area contributed by atoms with Gasteiger partial charge < -0.3 is 24.5 Å². The maximum absolute atomic E-state index is 11.6. The van der Waals surface area contributed by atoms with Crippen LogP contribution in [0.2, 0.25) is 0 Å². The van der Waals surface area contributed by atoms with Crippen LogP contribution in [0.5, 0.6) is 11.5 Å². The number of carbonyl (C=O) groups is 2. The molecule has 1 N–H and O–H groups in total. The molecule has 3 rings (SSSR count). The fraction of sp³-hybridized carbons (Fsp3) is 0.286. The monoisotopic (exact) mass is 605 g/mol. The van der Waals surface area contributed by atoms with E-state index in [9.17, 15) is 13.8 Å². The zero-order chi connectivity index (χ0) is 28.5. The summed E-state index contributed by atoms with van der Waals surface area (Å²) in [5.74, 6) is 1.52. The van der Waals surface area contributed by atoms with Crippen LogP contribution in [0.3, 0.4) is 0 Å². The number of ether oxygens (including phenoxy) is 2. The largest absolute Gasteiger partial charge is 0.493 e. The van der Waals surface area contributed by atoms with Crippen LogP contribution in [0.25, 0.3) is 0 Å². The highest BCUT2D eigenvalue weighted by molar-refractivity contribution is 9.10. The minimum Gasteiger partial charge on any atom is -0.493 e. The van der Waals surface area contributed by atoms with Crippen LogP contribution in [0.1, 0.15) is 5.56 Å². The molecule has 0 aliphatic carbocycles. The first-order valence-electron chi connectivity index (χ1n) is 11.6. The van der Waals surface area contributed by atoms with Crippen molar-refractivity contribution in [3.05, 3.63) is 82.8 Å². The molecule has 0 aliphatic heterocycles. The van der Waals surface area contributed by atoms with Crippen LogP contribution in [-0.4, -0.2) is 69.7 Å². The number of anilines is 1. The summed E-state index contributed by atoms with van der Waals surface area (Å²) in [5, 5.41) is 2.93. The Morgan fingerprint density at radius 1 is 0.921 bits per heavy atom. The Balaban J connectivity index is 0.000000285. The van der Waals surface area contributed by atoms with Gasteiger partial charge in [0.15, 0.2) is 22.5 Å². The Labute approximate surface area is 236 Å². The van der Waals surface area contributed by atoms with Gasteiger partial charge in [-0.3, -0.25) is 9.10 Å². The number of hydrogen-bond acceptors (Lipinski definition) is 7. The maximum Gasteiger partial charge on any atom is 0.221 e. The molecule has 206 valence electrons. The smallest absolute Gasteiger partial charge is 0.221 e. The molecule has 0 fully saturated rings. The van der Waals surface area contributed by atoms with E-state index in [4.69, 9.17) is 9.47 Å². The molecule has 0 saturated heterocycles. The van der Waals surface area contributed by atoms with E-state index >= 15 is 0 Å². The topological polar surface area (TPSA) is 88.2 Å². The first kappa shape index (κ1) is 32.8. The molecule has 0 radical (unpaired) electrons. The van der Waals surface area contributed by atoms with Gasteiger partial charge in [0.2, 0.25) is 6.41 Å². The van der Waals surface area contributed by atoms with Crippen molar-refractivity contribution in [1.29, 1.82) is 0 Å². The SMILES string of the molecule is CN(C=O)S(=O)c1ccccc1Br.CNC(C=O)Cc1ccccc1.COc1ccc(N(C)C)cc1OC. The van der Waals surface area contributed by atoms with E-state index < -0.39 is 11.0 Å². The summed E-state index contributed by atoms with van der Waals surface area (Å²) in [6.07, 6.45) is 2.24. The number of aldehydes is 1. The van der Waals surface area contributed by atoms with Gasteiger partial charge in [0.1, 0.15) is 6.29 Å². The predicted molar refractivity (Wildman–Crippen MR) is 157 cm³/mol. The highest BCUT2D eigenvalue weighted by Gasteiger charge is 2.11. The lowest BCUT2D eigenvalue weighted by molar-refractivity contribution is -0.113. The third-order valence-corrected chi connectivity index (χ3v) is 7.45. The van der Waals surface area contributed by atoms with Crippen molar-refractivity contribution < 1.29 is 23.3 Å². The molecular formula is C28H36BrN3O5S. The van der Waals surface area contributed by atoms with E-state index in [1.807, 2.05) is 73.6 Å². The number of benzene rings is 3. The van der Waals surface area contributed by atoms with Crippen molar-refractivity contribution >= 4 is 45.3 Å². The molecule has 3 aromatic rings. The number of hydrogen-bond donors (Lipinski definition) is 1. The van der Waals surface area contributed by atoms with E-state index in [1.54, 1.807) is 39.5 Å². The molecule has 8 nitrogen and oxygen atoms in total. The zero-order valence-corrected chi connectivity index (χ0v) is 25.0. The van der Waals surface area contributed by atoms with E-state index in [0.29, 0.717) is 11.3 Å². The average Bonchev–Trinajstić information content (AvgIpc) is 2.96. The van der Waals surface area contributed by atoms with Gasteiger partial charge in [0, 0.05) is 37.4 Å². The summed E-state index contributed by atoms with van der Waals surface area (Å²) in [7, 11) is 9.09. The van der Waals surface area contributed by atoms with Crippen molar-refractivity contribution in [3.63, 3.8) is 0 Å². The predicted octanol–water partition coefficient (Wildman–Crippen LogP) is 4.35. The Bertz CT molecular complexity index is 1150. The first-order valence-corrected chi connectivity index (χ1v) is 13.5. The molecule has 0 spiro atoms. The summed E-state index contributed by atoms with van der Waals surface area (Å²) >= 11 is 3.26. The first-order chi connectivity index (χ1) is 18.2.